The van der Waals surface area contributed by atoms with Crippen molar-refractivity contribution in [3.05, 3.63) is 30.1 Å². The molecule has 1 unspecified atom stereocenters. The minimum Gasteiger partial charge on any atom is -0.396 e. The van der Waals surface area contributed by atoms with Gasteiger partial charge in [0, 0.05) is 19.0 Å². The van der Waals surface area contributed by atoms with Gasteiger partial charge in [0.1, 0.15) is 0 Å². The van der Waals surface area contributed by atoms with Gasteiger partial charge in [-0.15, -0.1) is 0 Å². The summed E-state index contributed by atoms with van der Waals surface area (Å²) < 4.78 is 0. The predicted octanol–water partition coefficient (Wildman–Crippen LogP) is 1.64. The lowest BCUT2D eigenvalue weighted by Gasteiger charge is -2.10. The number of nitrogens with zero attached hydrogens (tertiary/aromatic N) is 1. The molecule has 1 heterocycles. The first-order valence-corrected chi connectivity index (χ1v) is 4.36. The van der Waals surface area contributed by atoms with Crippen LogP contribution in [0.3, 0.4) is 0 Å². The highest BCUT2D eigenvalue weighted by Crippen LogP contribution is 2.09. The van der Waals surface area contributed by atoms with Crippen LogP contribution in [0, 0.1) is 5.92 Å². The van der Waals surface area contributed by atoms with E-state index in [4.69, 9.17) is 5.11 Å². The van der Waals surface area contributed by atoms with Gasteiger partial charge < -0.3 is 5.11 Å². The molecule has 0 saturated heterocycles. The van der Waals surface area contributed by atoms with Crippen molar-refractivity contribution >= 4 is 0 Å². The Hall–Kier alpha value is -0.890. The van der Waals surface area contributed by atoms with Crippen LogP contribution < -0.4 is 0 Å². The van der Waals surface area contributed by atoms with Gasteiger partial charge in [0.25, 0.3) is 0 Å². The fraction of sp³-hybridized carbons (Fsp3) is 0.500. The fourth-order valence-corrected chi connectivity index (χ4v) is 1.19. The second-order valence-electron chi connectivity index (χ2n) is 3.02. The van der Waals surface area contributed by atoms with Crippen LogP contribution in [-0.4, -0.2) is 16.7 Å². The molecule has 0 bridgehead atoms. The molecule has 1 N–H and O–H groups in total. The quantitative estimate of drug-likeness (QED) is 0.735. The number of rotatable bonds is 4. The number of pyridine rings is 1. The van der Waals surface area contributed by atoms with E-state index in [1.54, 1.807) is 12.4 Å². The van der Waals surface area contributed by atoms with Crippen molar-refractivity contribution in [2.24, 2.45) is 5.92 Å². The van der Waals surface area contributed by atoms with E-state index < -0.39 is 0 Å². The van der Waals surface area contributed by atoms with E-state index >= 15 is 0 Å². The molecule has 0 spiro atoms. The Kier molecular flexibility index (Phi) is 3.74. The number of hydrogen-bond donors (Lipinski definition) is 1. The molecule has 0 saturated carbocycles. The topological polar surface area (TPSA) is 33.1 Å². The van der Waals surface area contributed by atoms with Gasteiger partial charge in [0.05, 0.1) is 0 Å². The van der Waals surface area contributed by atoms with Gasteiger partial charge in [-0.25, -0.2) is 0 Å². The van der Waals surface area contributed by atoms with E-state index in [1.165, 1.54) is 5.56 Å². The van der Waals surface area contributed by atoms with Crippen LogP contribution in [0.25, 0.3) is 0 Å². The standard InChI is InChI=1S/C10H15NO/c1-2-9(8-12)7-10-3-5-11-6-4-10/h3-6,9,12H,2,7-8H2,1H3. The minimum absolute atomic E-state index is 0.277. The molecule has 0 aliphatic rings. The minimum atomic E-state index is 0.277. The molecule has 2 nitrogen and oxygen atoms in total. The van der Waals surface area contributed by atoms with E-state index in [1.807, 2.05) is 12.1 Å². The molecule has 0 aliphatic heterocycles. The van der Waals surface area contributed by atoms with Crippen molar-refractivity contribution in [3.63, 3.8) is 0 Å². The van der Waals surface area contributed by atoms with Gasteiger partial charge in [-0.1, -0.05) is 13.3 Å². The Morgan fingerprint density at radius 2 is 2.08 bits per heavy atom. The molecular weight excluding hydrogens is 150 g/mol. The van der Waals surface area contributed by atoms with Crippen molar-refractivity contribution in [1.82, 2.24) is 4.98 Å². The molecule has 1 aromatic heterocycles. The van der Waals surface area contributed by atoms with E-state index in [-0.39, 0.29) is 6.61 Å². The fourth-order valence-electron chi connectivity index (χ4n) is 1.19. The average molecular weight is 165 g/mol. The van der Waals surface area contributed by atoms with Crippen LogP contribution in [0.2, 0.25) is 0 Å². The summed E-state index contributed by atoms with van der Waals surface area (Å²) >= 11 is 0. The van der Waals surface area contributed by atoms with Gasteiger partial charge in [0.2, 0.25) is 0 Å². The van der Waals surface area contributed by atoms with Gasteiger partial charge in [-0.3, -0.25) is 4.98 Å². The van der Waals surface area contributed by atoms with E-state index in [9.17, 15) is 0 Å². The van der Waals surface area contributed by atoms with Crippen LogP contribution in [-0.2, 0) is 6.42 Å². The molecule has 1 rings (SSSR count). The third kappa shape index (κ3) is 2.62. The normalized spacial score (nSPS) is 12.8. The van der Waals surface area contributed by atoms with Crippen molar-refractivity contribution in [1.29, 1.82) is 0 Å². The monoisotopic (exact) mass is 165 g/mol. The lowest BCUT2D eigenvalue weighted by atomic mass is 9.99. The summed E-state index contributed by atoms with van der Waals surface area (Å²) in [5.74, 6) is 0.396. The molecule has 12 heavy (non-hydrogen) atoms. The first-order valence-electron chi connectivity index (χ1n) is 4.36. The summed E-state index contributed by atoms with van der Waals surface area (Å²) in [6.07, 6.45) is 5.56. The van der Waals surface area contributed by atoms with Crippen LogP contribution in [0.15, 0.2) is 24.5 Å². The molecule has 0 aromatic carbocycles. The number of aliphatic hydroxyl groups is 1. The van der Waals surface area contributed by atoms with Gasteiger partial charge in [-0.2, -0.15) is 0 Å². The maximum Gasteiger partial charge on any atom is 0.0462 e. The van der Waals surface area contributed by atoms with Gasteiger partial charge in [0.15, 0.2) is 0 Å². The second-order valence-corrected chi connectivity index (χ2v) is 3.02. The van der Waals surface area contributed by atoms with Crippen molar-refractivity contribution in [3.8, 4) is 0 Å². The van der Waals surface area contributed by atoms with Gasteiger partial charge in [-0.05, 0) is 30.0 Å². The van der Waals surface area contributed by atoms with E-state index in [2.05, 4.69) is 11.9 Å². The average Bonchev–Trinajstić information content (AvgIpc) is 2.16. The van der Waals surface area contributed by atoms with Crippen molar-refractivity contribution in [2.45, 2.75) is 19.8 Å². The highest BCUT2D eigenvalue weighted by molar-refractivity contribution is 5.10. The van der Waals surface area contributed by atoms with Crippen LogP contribution in [0.1, 0.15) is 18.9 Å². The highest BCUT2D eigenvalue weighted by atomic mass is 16.3. The SMILES string of the molecule is CCC(CO)Cc1ccncc1. The van der Waals surface area contributed by atoms with Crippen LogP contribution >= 0.6 is 0 Å². The maximum atomic E-state index is 8.97. The van der Waals surface area contributed by atoms with Crippen LogP contribution in [0.5, 0.6) is 0 Å². The Labute approximate surface area is 73.3 Å². The van der Waals surface area contributed by atoms with Gasteiger partial charge >= 0.3 is 0 Å². The molecule has 66 valence electrons. The third-order valence-electron chi connectivity index (χ3n) is 2.11. The largest absolute Gasteiger partial charge is 0.396 e. The lowest BCUT2D eigenvalue weighted by molar-refractivity contribution is 0.222. The van der Waals surface area contributed by atoms with Crippen molar-refractivity contribution < 1.29 is 5.11 Å². The summed E-state index contributed by atoms with van der Waals surface area (Å²) in [6.45, 7) is 2.38. The Morgan fingerprint density at radius 1 is 1.42 bits per heavy atom. The first kappa shape index (κ1) is 9.20. The number of hydrogen-bond acceptors (Lipinski definition) is 2. The second kappa shape index (κ2) is 4.88. The summed E-state index contributed by atoms with van der Waals surface area (Å²) in [5, 5.41) is 8.97. The zero-order chi connectivity index (χ0) is 8.81. The highest BCUT2D eigenvalue weighted by Gasteiger charge is 2.04. The molecule has 0 amide bonds. The molecule has 1 aromatic rings. The lowest BCUT2D eigenvalue weighted by Crippen LogP contribution is -2.07. The third-order valence-corrected chi connectivity index (χ3v) is 2.11. The molecule has 0 fully saturated rings. The molecule has 0 radical (unpaired) electrons. The Morgan fingerprint density at radius 3 is 2.58 bits per heavy atom. The summed E-state index contributed by atoms with van der Waals surface area (Å²) in [7, 11) is 0. The summed E-state index contributed by atoms with van der Waals surface area (Å²) in [6, 6.07) is 4.00. The first-order chi connectivity index (χ1) is 5.86. The summed E-state index contributed by atoms with van der Waals surface area (Å²) in [5.41, 5.74) is 1.26. The predicted molar refractivity (Wildman–Crippen MR) is 48.8 cm³/mol. The maximum absolute atomic E-state index is 8.97. The Bertz CT molecular complexity index is 206. The molecular formula is C10H15NO. The molecule has 1 atom stereocenters. The zero-order valence-corrected chi connectivity index (χ0v) is 7.40. The van der Waals surface area contributed by atoms with Crippen LogP contribution in [0.4, 0.5) is 0 Å². The number of aromatic nitrogens is 1. The van der Waals surface area contributed by atoms with E-state index in [0.29, 0.717) is 5.92 Å². The number of aliphatic hydroxyl groups excluding tert-OH is 1. The molecule has 0 aliphatic carbocycles. The smallest absolute Gasteiger partial charge is 0.0462 e. The Balaban J connectivity index is 2.51. The van der Waals surface area contributed by atoms with E-state index in [0.717, 1.165) is 12.8 Å². The summed E-state index contributed by atoms with van der Waals surface area (Å²) in [4.78, 5) is 3.94. The van der Waals surface area contributed by atoms with Crippen molar-refractivity contribution in [2.75, 3.05) is 6.61 Å². The zero-order valence-electron chi connectivity index (χ0n) is 7.40. The molecule has 2 heteroatoms.